The first-order valence-corrected chi connectivity index (χ1v) is 10.9. The van der Waals surface area contributed by atoms with Crippen LogP contribution in [-0.2, 0) is 9.78 Å². The Morgan fingerprint density at radius 1 is 1.12 bits per heavy atom. The van der Waals surface area contributed by atoms with Gasteiger partial charge in [0.2, 0.25) is 0 Å². The largest absolute Gasteiger partial charge is 0.493 e. The van der Waals surface area contributed by atoms with Crippen LogP contribution in [0.25, 0.3) is 21.9 Å². The van der Waals surface area contributed by atoms with Crippen LogP contribution in [0.5, 0.6) is 5.75 Å². The summed E-state index contributed by atoms with van der Waals surface area (Å²) >= 11 is 12.3. The molecule has 0 aliphatic heterocycles. The Labute approximate surface area is 199 Å². The number of aromatic nitrogens is 1. The van der Waals surface area contributed by atoms with Crippen molar-refractivity contribution in [2.24, 2.45) is 0 Å². The second-order valence-electron chi connectivity index (χ2n) is 6.92. The third kappa shape index (κ3) is 4.84. The van der Waals surface area contributed by atoms with Gasteiger partial charge in [0.1, 0.15) is 5.58 Å². The minimum atomic E-state index is -0.399. The Kier molecular flexibility index (Phi) is 7.20. The summed E-state index contributed by atoms with van der Waals surface area (Å²) in [6, 6.07) is 8.97. The number of furan rings is 1. The molecular weight excluding hydrogens is 469 g/mol. The Balaban J connectivity index is 1.73. The zero-order valence-corrected chi connectivity index (χ0v) is 19.4. The zero-order chi connectivity index (χ0) is 23.4. The van der Waals surface area contributed by atoms with Crippen LogP contribution >= 0.6 is 23.2 Å². The van der Waals surface area contributed by atoms with Crippen LogP contribution in [0, 0.1) is 0 Å². The van der Waals surface area contributed by atoms with Crippen LogP contribution in [0.2, 0.25) is 10.0 Å². The smallest absolute Gasteiger partial charge is 0.256 e. The molecule has 0 fully saturated rings. The fourth-order valence-electron chi connectivity index (χ4n) is 3.41. The molecule has 0 spiro atoms. The first kappa shape index (κ1) is 23.1. The molecule has 1 amide bonds. The maximum absolute atomic E-state index is 13.3. The molecule has 172 valence electrons. The lowest BCUT2D eigenvalue weighted by molar-refractivity contribution is -0.288. The number of fused-ring (bicyclic) bond motifs is 3. The summed E-state index contributed by atoms with van der Waals surface area (Å²) in [7, 11) is 1.55. The molecule has 4 rings (SSSR count). The summed E-state index contributed by atoms with van der Waals surface area (Å²) in [5.41, 5.74) is 2.57. The first-order chi connectivity index (χ1) is 16.0. The number of carbonyl (C=O) groups is 1. The number of hydrogen-bond donors (Lipinski definition) is 2. The average Bonchev–Trinajstić information content (AvgIpc) is 3.19. The van der Waals surface area contributed by atoms with E-state index < -0.39 is 5.91 Å². The Hall–Kier alpha value is -3.04. The molecule has 0 aliphatic carbocycles. The van der Waals surface area contributed by atoms with Gasteiger partial charge < -0.3 is 19.8 Å². The number of benzene rings is 2. The predicted molar refractivity (Wildman–Crippen MR) is 129 cm³/mol. The molecule has 0 bridgehead atoms. The van der Waals surface area contributed by atoms with Gasteiger partial charge in [-0.25, -0.2) is 9.78 Å². The quantitative estimate of drug-likeness (QED) is 0.171. The maximum atomic E-state index is 13.3. The van der Waals surface area contributed by atoms with Crippen molar-refractivity contribution in [2.45, 2.75) is 6.92 Å². The van der Waals surface area contributed by atoms with E-state index in [4.69, 9.17) is 42.1 Å². The Morgan fingerprint density at radius 3 is 2.64 bits per heavy atom. The molecule has 0 saturated heterocycles. The fourth-order valence-corrected chi connectivity index (χ4v) is 3.87. The molecule has 2 heterocycles. The van der Waals surface area contributed by atoms with E-state index in [1.54, 1.807) is 19.2 Å². The zero-order valence-electron chi connectivity index (χ0n) is 17.9. The van der Waals surface area contributed by atoms with Crippen LogP contribution in [-0.4, -0.2) is 37.8 Å². The minimum Gasteiger partial charge on any atom is -0.493 e. The van der Waals surface area contributed by atoms with E-state index in [-0.39, 0.29) is 15.7 Å². The van der Waals surface area contributed by atoms with Gasteiger partial charge in [-0.15, -0.1) is 0 Å². The molecule has 2 N–H and O–H groups in total. The number of hydrogen-bond acceptors (Lipinski definition) is 7. The van der Waals surface area contributed by atoms with E-state index in [1.165, 1.54) is 12.4 Å². The highest BCUT2D eigenvalue weighted by atomic mass is 35.5. The van der Waals surface area contributed by atoms with Crippen molar-refractivity contribution in [3.63, 3.8) is 0 Å². The SMILES string of the molecule is CCOOCCNc1ccc2oc3c(OC)ccc(C(=O)Nc4c(Cl)cncc4Cl)c3c2c1. The van der Waals surface area contributed by atoms with Crippen LogP contribution < -0.4 is 15.4 Å². The number of halogens is 2. The molecule has 0 saturated carbocycles. The van der Waals surface area contributed by atoms with E-state index in [0.717, 1.165) is 11.1 Å². The van der Waals surface area contributed by atoms with Gasteiger partial charge >= 0.3 is 0 Å². The van der Waals surface area contributed by atoms with Gasteiger partial charge in [0.05, 0.1) is 41.6 Å². The number of methoxy groups -OCH3 is 1. The van der Waals surface area contributed by atoms with Crippen molar-refractivity contribution in [1.29, 1.82) is 0 Å². The van der Waals surface area contributed by atoms with Crippen molar-refractivity contribution < 1.29 is 23.7 Å². The highest BCUT2D eigenvalue weighted by Crippen LogP contribution is 2.39. The normalized spacial score (nSPS) is 11.2. The Morgan fingerprint density at radius 2 is 1.91 bits per heavy atom. The standard InChI is InChI=1S/C23H21Cl2N3O5/c1-3-31-32-9-8-27-13-4-6-18-15(10-13)20-14(5-7-19(30-2)22(20)33-18)23(29)28-21-16(24)11-26-12-17(21)25/h4-7,10-12,27H,3,8-9H2,1-2H3,(H,26,28,29). The molecular formula is C23H21Cl2N3O5. The van der Waals surface area contributed by atoms with Gasteiger partial charge in [-0.1, -0.05) is 23.2 Å². The van der Waals surface area contributed by atoms with E-state index >= 15 is 0 Å². The lowest BCUT2D eigenvalue weighted by Gasteiger charge is -2.10. The van der Waals surface area contributed by atoms with Crippen LogP contribution in [0.15, 0.2) is 47.1 Å². The summed E-state index contributed by atoms with van der Waals surface area (Å²) in [6.45, 7) is 3.25. The summed E-state index contributed by atoms with van der Waals surface area (Å²) < 4.78 is 11.5. The summed E-state index contributed by atoms with van der Waals surface area (Å²) in [6.07, 6.45) is 2.82. The first-order valence-electron chi connectivity index (χ1n) is 10.1. The molecule has 0 aliphatic rings. The molecule has 2 aromatic carbocycles. The van der Waals surface area contributed by atoms with E-state index in [0.29, 0.717) is 47.6 Å². The topological polar surface area (TPSA) is 94.9 Å². The monoisotopic (exact) mass is 489 g/mol. The summed E-state index contributed by atoms with van der Waals surface area (Å²) in [5, 5.41) is 7.86. The van der Waals surface area contributed by atoms with Crippen molar-refractivity contribution in [1.82, 2.24) is 4.98 Å². The summed E-state index contributed by atoms with van der Waals surface area (Å²) in [4.78, 5) is 27.1. The Bertz CT molecular complexity index is 1290. The number of rotatable bonds is 9. The molecule has 33 heavy (non-hydrogen) atoms. The van der Waals surface area contributed by atoms with Gasteiger partial charge in [0.15, 0.2) is 11.3 Å². The molecule has 10 heteroatoms. The van der Waals surface area contributed by atoms with Gasteiger partial charge in [0.25, 0.3) is 5.91 Å². The van der Waals surface area contributed by atoms with Crippen LogP contribution in [0.3, 0.4) is 0 Å². The van der Waals surface area contributed by atoms with E-state index in [1.807, 2.05) is 25.1 Å². The van der Waals surface area contributed by atoms with Crippen molar-refractivity contribution in [2.75, 3.05) is 37.5 Å². The molecule has 2 aromatic heterocycles. The second kappa shape index (κ2) is 10.3. The molecule has 4 aromatic rings. The molecule has 8 nitrogen and oxygen atoms in total. The van der Waals surface area contributed by atoms with Gasteiger partial charge in [-0.2, -0.15) is 0 Å². The lowest BCUT2D eigenvalue weighted by atomic mass is 10.0. The van der Waals surface area contributed by atoms with Gasteiger partial charge in [-0.05, 0) is 37.3 Å². The fraction of sp³-hybridized carbons (Fsp3) is 0.217. The maximum Gasteiger partial charge on any atom is 0.256 e. The minimum absolute atomic E-state index is 0.235. The average molecular weight is 490 g/mol. The number of carbonyl (C=O) groups excluding carboxylic acids is 1. The predicted octanol–water partition coefficient (Wildman–Crippen LogP) is 5.93. The number of pyridine rings is 1. The molecule has 0 atom stereocenters. The second-order valence-corrected chi connectivity index (χ2v) is 7.73. The van der Waals surface area contributed by atoms with Crippen molar-refractivity contribution in [3.8, 4) is 5.75 Å². The molecule has 0 radical (unpaired) electrons. The van der Waals surface area contributed by atoms with E-state index in [9.17, 15) is 4.79 Å². The van der Waals surface area contributed by atoms with Crippen molar-refractivity contribution >= 4 is 62.4 Å². The van der Waals surface area contributed by atoms with Gasteiger partial charge in [0, 0.05) is 35.4 Å². The van der Waals surface area contributed by atoms with Crippen LogP contribution in [0.4, 0.5) is 11.4 Å². The number of ether oxygens (including phenoxy) is 1. The third-order valence-electron chi connectivity index (χ3n) is 4.85. The number of anilines is 2. The highest BCUT2D eigenvalue weighted by Gasteiger charge is 2.21. The number of nitrogens with one attached hydrogen (secondary N) is 2. The third-order valence-corrected chi connectivity index (χ3v) is 5.43. The summed E-state index contributed by atoms with van der Waals surface area (Å²) in [5.74, 6) is 0.112. The van der Waals surface area contributed by atoms with Crippen molar-refractivity contribution in [3.05, 3.63) is 58.3 Å². The lowest BCUT2D eigenvalue weighted by Crippen LogP contribution is -2.13. The van der Waals surface area contributed by atoms with Crippen LogP contribution in [0.1, 0.15) is 17.3 Å². The molecule has 0 unspecified atom stereocenters. The van der Waals surface area contributed by atoms with E-state index in [2.05, 4.69) is 15.6 Å². The van der Waals surface area contributed by atoms with Gasteiger partial charge in [-0.3, -0.25) is 9.78 Å². The highest BCUT2D eigenvalue weighted by molar-refractivity contribution is 6.40. The number of nitrogens with zero attached hydrogens (tertiary/aromatic N) is 1. The number of amides is 1.